The number of sulfonamides is 1. The number of hydrogen-bond acceptors (Lipinski definition) is 3. The monoisotopic (exact) mass is 367 g/mol. The maximum Gasteiger partial charge on any atom is 0.241 e. The minimum absolute atomic E-state index is 0.214. The Hall–Kier alpha value is -1.56. The Bertz CT molecular complexity index is 743. The predicted molar refractivity (Wildman–Crippen MR) is 97.0 cm³/mol. The Labute approximate surface area is 148 Å². The van der Waals surface area contributed by atoms with Gasteiger partial charge in [0.15, 0.2) is 0 Å². The number of hydrogen-bond donors (Lipinski definition) is 1. The number of rotatable bonds is 8. The topological polar surface area (TPSA) is 55.4 Å². The molecule has 24 heavy (non-hydrogen) atoms. The molecule has 0 fully saturated rings. The summed E-state index contributed by atoms with van der Waals surface area (Å²) in [6.07, 6.45) is 2.03. The van der Waals surface area contributed by atoms with Crippen molar-refractivity contribution in [2.45, 2.75) is 37.6 Å². The van der Waals surface area contributed by atoms with Gasteiger partial charge in [-0.1, -0.05) is 37.1 Å². The first-order chi connectivity index (χ1) is 11.4. The van der Waals surface area contributed by atoms with Crippen LogP contribution in [-0.4, -0.2) is 15.0 Å². The molecule has 1 unspecified atom stereocenters. The van der Waals surface area contributed by atoms with Crippen LogP contribution in [0.15, 0.2) is 53.4 Å². The standard InChI is InChI=1S/C18H22ClNO3S/c1-3-4-13-23-17-9-11-18(12-10-17)24(21,22)20-14(2)15-5-7-16(19)8-6-15/h5-12,14,20H,3-4,13H2,1-2H3. The zero-order chi connectivity index (χ0) is 17.6. The molecule has 130 valence electrons. The van der Waals surface area contributed by atoms with Crippen LogP contribution in [0.5, 0.6) is 5.75 Å². The summed E-state index contributed by atoms with van der Waals surface area (Å²) >= 11 is 5.86. The molecule has 2 rings (SSSR count). The van der Waals surface area contributed by atoms with Crippen LogP contribution in [0.4, 0.5) is 0 Å². The van der Waals surface area contributed by atoms with Gasteiger partial charge in [0, 0.05) is 11.1 Å². The molecule has 0 spiro atoms. The highest BCUT2D eigenvalue weighted by molar-refractivity contribution is 7.89. The maximum atomic E-state index is 12.5. The third-order valence-electron chi connectivity index (χ3n) is 3.60. The lowest BCUT2D eigenvalue weighted by Crippen LogP contribution is -2.26. The summed E-state index contributed by atoms with van der Waals surface area (Å²) < 4.78 is 33.2. The Morgan fingerprint density at radius 3 is 2.29 bits per heavy atom. The second kappa shape index (κ2) is 8.51. The SMILES string of the molecule is CCCCOc1ccc(S(=O)(=O)NC(C)c2ccc(Cl)cc2)cc1. The van der Waals surface area contributed by atoms with Crippen molar-refractivity contribution in [3.05, 3.63) is 59.1 Å². The van der Waals surface area contributed by atoms with Crippen LogP contribution in [0, 0.1) is 0 Å². The second-order valence-corrected chi connectivity index (χ2v) is 7.72. The predicted octanol–water partition coefficient (Wildman–Crippen LogP) is 4.56. The second-order valence-electron chi connectivity index (χ2n) is 5.57. The van der Waals surface area contributed by atoms with E-state index >= 15 is 0 Å². The quantitative estimate of drug-likeness (QED) is 0.696. The normalized spacial score (nSPS) is 12.8. The van der Waals surface area contributed by atoms with Crippen LogP contribution in [0.1, 0.15) is 38.3 Å². The van der Waals surface area contributed by atoms with E-state index in [0.717, 1.165) is 18.4 Å². The summed E-state index contributed by atoms with van der Waals surface area (Å²) in [5.41, 5.74) is 0.850. The number of benzene rings is 2. The highest BCUT2D eigenvalue weighted by atomic mass is 35.5. The van der Waals surface area contributed by atoms with Gasteiger partial charge in [0.2, 0.25) is 10.0 Å². The molecule has 0 aromatic heterocycles. The summed E-state index contributed by atoms with van der Waals surface area (Å²) in [7, 11) is -3.60. The van der Waals surface area contributed by atoms with Gasteiger partial charge in [-0.25, -0.2) is 13.1 Å². The van der Waals surface area contributed by atoms with Gasteiger partial charge >= 0.3 is 0 Å². The minimum atomic E-state index is -3.60. The smallest absolute Gasteiger partial charge is 0.241 e. The molecule has 0 amide bonds. The average Bonchev–Trinajstić information content (AvgIpc) is 2.56. The molecule has 0 aliphatic rings. The molecular weight excluding hydrogens is 346 g/mol. The summed E-state index contributed by atoms with van der Waals surface area (Å²) in [4.78, 5) is 0.214. The van der Waals surface area contributed by atoms with E-state index in [1.165, 1.54) is 0 Å². The van der Waals surface area contributed by atoms with Crippen LogP contribution in [0.25, 0.3) is 0 Å². The highest BCUT2D eigenvalue weighted by Crippen LogP contribution is 2.21. The molecule has 0 saturated carbocycles. The average molecular weight is 368 g/mol. The number of ether oxygens (including phenoxy) is 1. The Balaban J connectivity index is 2.05. The fourth-order valence-corrected chi connectivity index (χ4v) is 3.53. The largest absolute Gasteiger partial charge is 0.494 e. The third-order valence-corrected chi connectivity index (χ3v) is 5.41. The molecule has 0 radical (unpaired) electrons. The van der Waals surface area contributed by atoms with E-state index in [-0.39, 0.29) is 10.9 Å². The van der Waals surface area contributed by atoms with E-state index < -0.39 is 10.0 Å². The van der Waals surface area contributed by atoms with Gasteiger partial charge in [0.05, 0.1) is 11.5 Å². The Kier molecular flexibility index (Phi) is 6.66. The molecule has 0 heterocycles. The van der Waals surface area contributed by atoms with Crippen molar-refractivity contribution in [1.29, 1.82) is 0 Å². The molecule has 2 aromatic rings. The molecule has 1 N–H and O–H groups in total. The maximum absolute atomic E-state index is 12.5. The molecule has 1 atom stereocenters. The summed E-state index contributed by atoms with van der Waals surface area (Å²) in [5, 5.41) is 0.618. The minimum Gasteiger partial charge on any atom is -0.494 e. The van der Waals surface area contributed by atoms with E-state index in [4.69, 9.17) is 16.3 Å². The van der Waals surface area contributed by atoms with Gasteiger partial charge in [0.25, 0.3) is 0 Å². The van der Waals surface area contributed by atoms with Crippen LogP contribution >= 0.6 is 11.6 Å². The fourth-order valence-electron chi connectivity index (χ4n) is 2.17. The lowest BCUT2D eigenvalue weighted by atomic mass is 10.1. The van der Waals surface area contributed by atoms with Crippen molar-refractivity contribution < 1.29 is 13.2 Å². The van der Waals surface area contributed by atoms with Crippen LogP contribution in [-0.2, 0) is 10.0 Å². The Morgan fingerprint density at radius 1 is 1.08 bits per heavy atom. The first-order valence-electron chi connectivity index (χ1n) is 7.93. The van der Waals surface area contributed by atoms with Gasteiger partial charge in [-0.2, -0.15) is 0 Å². The van der Waals surface area contributed by atoms with E-state index in [2.05, 4.69) is 11.6 Å². The lowest BCUT2D eigenvalue weighted by molar-refractivity contribution is 0.309. The molecule has 6 heteroatoms. The van der Waals surface area contributed by atoms with Crippen molar-refractivity contribution in [2.24, 2.45) is 0 Å². The molecular formula is C18H22ClNO3S. The van der Waals surface area contributed by atoms with Crippen LogP contribution < -0.4 is 9.46 Å². The Morgan fingerprint density at radius 2 is 1.71 bits per heavy atom. The van der Waals surface area contributed by atoms with Crippen LogP contribution in [0.2, 0.25) is 5.02 Å². The first-order valence-corrected chi connectivity index (χ1v) is 9.79. The van der Waals surface area contributed by atoms with Crippen molar-refractivity contribution in [3.8, 4) is 5.75 Å². The van der Waals surface area contributed by atoms with Crippen molar-refractivity contribution in [3.63, 3.8) is 0 Å². The van der Waals surface area contributed by atoms with E-state index in [0.29, 0.717) is 17.4 Å². The molecule has 0 bridgehead atoms. The van der Waals surface area contributed by atoms with Crippen LogP contribution in [0.3, 0.4) is 0 Å². The van der Waals surface area contributed by atoms with Gasteiger partial charge in [-0.05, 0) is 55.3 Å². The fraction of sp³-hybridized carbons (Fsp3) is 0.333. The third kappa shape index (κ3) is 5.23. The zero-order valence-corrected chi connectivity index (χ0v) is 15.4. The van der Waals surface area contributed by atoms with Crippen molar-refractivity contribution in [2.75, 3.05) is 6.61 Å². The molecule has 0 aliphatic heterocycles. The first kappa shape index (κ1) is 18.8. The molecule has 0 aliphatic carbocycles. The number of nitrogens with one attached hydrogen (secondary N) is 1. The van der Waals surface area contributed by atoms with Gasteiger partial charge in [-0.15, -0.1) is 0 Å². The number of unbranched alkanes of at least 4 members (excludes halogenated alkanes) is 1. The van der Waals surface area contributed by atoms with Gasteiger partial charge in [0.1, 0.15) is 5.75 Å². The molecule has 0 saturated heterocycles. The zero-order valence-electron chi connectivity index (χ0n) is 13.8. The summed E-state index contributed by atoms with van der Waals surface area (Å²) in [6.45, 7) is 4.52. The molecule has 2 aromatic carbocycles. The summed E-state index contributed by atoms with van der Waals surface area (Å²) in [6, 6.07) is 13.2. The van der Waals surface area contributed by atoms with Gasteiger partial charge in [-0.3, -0.25) is 0 Å². The van der Waals surface area contributed by atoms with E-state index in [9.17, 15) is 8.42 Å². The van der Waals surface area contributed by atoms with E-state index in [1.54, 1.807) is 55.5 Å². The van der Waals surface area contributed by atoms with Crippen molar-refractivity contribution in [1.82, 2.24) is 4.72 Å². The lowest BCUT2D eigenvalue weighted by Gasteiger charge is -2.15. The molecule has 4 nitrogen and oxygen atoms in total. The summed E-state index contributed by atoms with van der Waals surface area (Å²) in [5.74, 6) is 0.674. The highest BCUT2D eigenvalue weighted by Gasteiger charge is 2.18. The van der Waals surface area contributed by atoms with Crippen molar-refractivity contribution >= 4 is 21.6 Å². The van der Waals surface area contributed by atoms with E-state index in [1.807, 2.05) is 0 Å². The van der Waals surface area contributed by atoms with Gasteiger partial charge < -0.3 is 4.74 Å². The number of halogens is 1.